The Morgan fingerprint density at radius 1 is 1.30 bits per heavy atom. The van der Waals surface area contributed by atoms with E-state index in [2.05, 4.69) is 10.6 Å². The highest BCUT2D eigenvalue weighted by Crippen LogP contribution is 2.25. The number of nitro groups is 1. The molecular formula is C14H21N3O3. The van der Waals surface area contributed by atoms with E-state index in [1.807, 2.05) is 13.8 Å². The molecule has 0 saturated carbocycles. The zero-order valence-corrected chi connectivity index (χ0v) is 12.3. The van der Waals surface area contributed by atoms with Crippen LogP contribution in [0, 0.1) is 24.0 Å². The first-order chi connectivity index (χ1) is 9.31. The molecule has 2 N–H and O–H groups in total. The summed E-state index contributed by atoms with van der Waals surface area (Å²) in [6.07, 6.45) is 0.369. The van der Waals surface area contributed by atoms with E-state index < -0.39 is 4.92 Å². The summed E-state index contributed by atoms with van der Waals surface area (Å²) < 4.78 is 0. The molecule has 0 aromatic heterocycles. The molecule has 0 aliphatic heterocycles. The Hall–Kier alpha value is -1.95. The van der Waals surface area contributed by atoms with Crippen LogP contribution >= 0.6 is 0 Å². The van der Waals surface area contributed by atoms with Crippen LogP contribution in [0.1, 0.15) is 31.4 Å². The van der Waals surface area contributed by atoms with Crippen LogP contribution in [0.25, 0.3) is 0 Å². The predicted octanol–water partition coefficient (Wildman–Crippen LogP) is 2.54. The standard InChI is InChI=1S/C14H21N3O3/c1-9(2)15-6-5-14(18)16-12-7-11(4)13(17(19)20)8-10(12)3/h7-9,15H,5-6H2,1-4H3,(H,16,18). The number of nitrogens with zero attached hydrogens (tertiary/aromatic N) is 1. The van der Waals surface area contributed by atoms with Crippen LogP contribution in [0.2, 0.25) is 0 Å². The minimum Gasteiger partial charge on any atom is -0.326 e. The van der Waals surface area contributed by atoms with Gasteiger partial charge in [0.1, 0.15) is 0 Å². The third-order valence-electron chi connectivity index (χ3n) is 2.92. The van der Waals surface area contributed by atoms with Gasteiger partial charge in [0, 0.05) is 36.3 Å². The first kappa shape index (κ1) is 16.1. The van der Waals surface area contributed by atoms with Crippen LogP contribution in [-0.2, 0) is 4.79 Å². The summed E-state index contributed by atoms with van der Waals surface area (Å²) in [7, 11) is 0. The quantitative estimate of drug-likeness (QED) is 0.619. The molecule has 1 rings (SSSR count). The number of carbonyl (C=O) groups is 1. The van der Waals surface area contributed by atoms with E-state index in [0.29, 0.717) is 35.8 Å². The predicted molar refractivity (Wildman–Crippen MR) is 79.0 cm³/mol. The molecule has 20 heavy (non-hydrogen) atoms. The number of amides is 1. The van der Waals surface area contributed by atoms with Gasteiger partial charge in [0.05, 0.1) is 4.92 Å². The van der Waals surface area contributed by atoms with Gasteiger partial charge in [-0.15, -0.1) is 0 Å². The number of hydrogen-bond donors (Lipinski definition) is 2. The van der Waals surface area contributed by atoms with E-state index in [0.717, 1.165) is 0 Å². The Morgan fingerprint density at radius 3 is 2.50 bits per heavy atom. The number of aryl methyl sites for hydroxylation is 2. The number of hydrogen-bond acceptors (Lipinski definition) is 4. The summed E-state index contributed by atoms with van der Waals surface area (Å²) in [5, 5.41) is 16.8. The highest BCUT2D eigenvalue weighted by molar-refractivity contribution is 5.92. The number of benzene rings is 1. The zero-order valence-electron chi connectivity index (χ0n) is 12.3. The molecule has 0 aliphatic carbocycles. The first-order valence-corrected chi connectivity index (χ1v) is 6.60. The lowest BCUT2D eigenvalue weighted by molar-refractivity contribution is -0.385. The smallest absolute Gasteiger partial charge is 0.272 e. The molecule has 0 fully saturated rings. The van der Waals surface area contributed by atoms with Crippen LogP contribution in [0.5, 0.6) is 0 Å². The number of anilines is 1. The van der Waals surface area contributed by atoms with Crippen molar-refractivity contribution in [1.82, 2.24) is 5.32 Å². The van der Waals surface area contributed by atoms with Gasteiger partial charge < -0.3 is 10.6 Å². The van der Waals surface area contributed by atoms with E-state index in [9.17, 15) is 14.9 Å². The van der Waals surface area contributed by atoms with Crippen LogP contribution < -0.4 is 10.6 Å². The lowest BCUT2D eigenvalue weighted by Crippen LogP contribution is -2.27. The van der Waals surface area contributed by atoms with E-state index in [1.165, 1.54) is 6.07 Å². The molecule has 1 aromatic carbocycles. The van der Waals surface area contributed by atoms with Gasteiger partial charge in [-0.25, -0.2) is 0 Å². The highest BCUT2D eigenvalue weighted by Gasteiger charge is 2.14. The van der Waals surface area contributed by atoms with E-state index in [-0.39, 0.29) is 11.6 Å². The minimum atomic E-state index is -0.416. The van der Waals surface area contributed by atoms with Crippen molar-refractivity contribution in [2.75, 3.05) is 11.9 Å². The second-order valence-electron chi connectivity index (χ2n) is 5.12. The van der Waals surface area contributed by atoms with E-state index in [4.69, 9.17) is 0 Å². The highest BCUT2D eigenvalue weighted by atomic mass is 16.6. The Morgan fingerprint density at radius 2 is 1.95 bits per heavy atom. The Balaban J connectivity index is 2.71. The number of nitrogens with one attached hydrogen (secondary N) is 2. The Labute approximate surface area is 118 Å². The molecule has 0 bridgehead atoms. The first-order valence-electron chi connectivity index (χ1n) is 6.60. The second kappa shape index (κ2) is 7.00. The largest absolute Gasteiger partial charge is 0.326 e. The molecule has 1 aromatic rings. The molecule has 0 heterocycles. The van der Waals surface area contributed by atoms with Gasteiger partial charge in [0.15, 0.2) is 0 Å². The lowest BCUT2D eigenvalue weighted by Gasteiger charge is -2.11. The molecule has 110 valence electrons. The molecular weight excluding hydrogens is 258 g/mol. The zero-order chi connectivity index (χ0) is 15.3. The molecule has 6 heteroatoms. The number of rotatable bonds is 6. The molecule has 0 saturated heterocycles. The van der Waals surface area contributed by atoms with E-state index in [1.54, 1.807) is 19.9 Å². The molecule has 6 nitrogen and oxygen atoms in total. The SMILES string of the molecule is Cc1cc([N+](=O)[O-])c(C)cc1NC(=O)CCNC(C)C. The van der Waals surface area contributed by atoms with Crippen molar-refractivity contribution in [2.24, 2.45) is 0 Å². The van der Waals surface area contributed by atoms with Crippen molar-refractivity contribution >= 4 is 17.3 Å². The fraction of sp³-hybridized carbons (Fsp3) is 0.500. The van der Waals surface area contributed by atoms with E-state index >= 15 is 0 Å². The fourth-order valence-electron chi connectivity index (χ4n) is 1.82. The van der Waals surface area contributed by atoms with Gasteiger partial charge in [-0.3, -0.25) is 14.9 Å². The average molecular weight is 279 g/mol. The van der Waals surface area contributed by atoms with Crippen molar-refractivity contribution in [2.45, 2.75) is 40.2 Å². The molecule has 0 spiro atoms. The van der Waals surface area contributed by atoms with Crippen LogP contribution in [0.15, 0.2) is 12.1 Å². The maximum atomic E-state index is 11.8. The number of nitro benzene ring substituents is 1. The molecule has 0 radical (unpaired) electrons. The van der Waals surface area contributed by atoms with Crippen molar-refractivity contribution in [3.63, 3.8) is 0 Å². The third-order valence-corrected chi connectivity index (χ3v) is 2.92. The molecule has 0 atom stereocenters. The molecule has 0 aliphatic rings. The van der Waals surface area contributed by atoms with Gasteiger partial charge in [-0.05, 0) is 25.5 Å². The van der Waals surface area contributed by atoms with Crippen molar-refractivity contribution < 1.29 is 9.72 Å². The maximum Gasteiger partial charge on any atom is 0.272 e. The monoisotopic (exact) mass is 279 g/mol. The van der Waals surface area contributed by atoms with Crippen LogP contribution in [0.3, 0.4) is 0 Å². The van der Waals surface area contributed by atoms with Gasteiger partial charge in [-0.1, -0.05) is 13.8 Å². The normalized spacial score (nSPS) is 10.7. The van der Waals surface area contributed by atoms with Crippen molar-refractivity contribution in [3.8, 4) is 0 Å². The summed E-state index contributed by atoms with van der Waals surface area (Å²) in [6, 6.07) is 3.46. The minimum absolute atomic E-state index is 0.0713. The second-order valence-corrected chi connectivity index (χ2v) is 5.12. The maximum absolute atomic E-state index is 11.8. The fourth-order valence-corrected chi connectivity index (χ4v) is 1.82. The summed E-state index contributed by atoms with van der Waals surface area (Å²) in [6.45, 7) is 8.04. The van der Waals surface area contributed by atoms with Crippen LogP contribution in [0.4, 0.5) is 11.4 Å². The summed E-state index contributed by atoms with van der Waals surface area (Å²) in [5.41, 5.74) is 1.92. The lowest BCUT2D eigenvalue weighted by atomic mass is 10.1. The summed E-state index contributed by atoms with van der Waals surface area (Å²) in [4.78, 5) is 22.2. The summed E-state index contributed by atoms with van der Waals surface area (Å²) in [5.74, 6) is -0.102. The van der Waals surface area contributed by atoms with Crippen molar-refractivity contribution in [3.05, 3.63) is 33.4 Å². The van der Waals surface area contributed by atoms with Crippen molar-refractivity contribution in [1.29, 1.82) is 0 Å². The number of carbonyl (C=O) groups excluding carboxylic acids is 1. The van der Waals surface area contributed by atoms with Gasteiger partial charge in [0.2, 0.25) is 5.91 Å². The third kappa shape index (κ3) is 4.62. The molecule has 1 amide bonds. The van der Waals surface area contributed by atoms with Gasteiger partial charge in [0.25, 0.3) is 5.69 Å². The Bertz CT molecular complexity index is 513. The average Bonchev–Trinajstić information content (AvgIpc) is 2.32. The Kier molecular flexibility index (Phi) is 5.64. The van der Waals surface area contributed by atoms with Gasteiger partial charge >= 0.3 is 0 Å². The molecule has 0 unspecified atom stereocenters. The van der Waals surface area contributed by atoms with Crippen LogP contribution in [-0.4, -0.2) is 23.4 Å². The van der Waals surface area contributed by atoms with Gasteiger partial charge in [-0.2, -0.15) is 0 Å². The summed E-state index contributed by atoms with van der Waals surface area (Å²) >= 11 is 0. The topological polar surface area (TPSA) is 84.3 Å².